The average Bonchev–Trinajstić information content (AvgIpc) is 3.13. The predicted octanol–water partition coefficient (Wildman–Crippen LogP) is 3.53. The highest BCUT2D eigenvalue weighted by atomic mass is 32.2. The number of hydrogen-bond acceptors (Lipinski definition) is 5. The summed E-state index contributed by atoms with van der Waals surface area (Å²) >= 11 is 1.30. The number of rotatable bonds is 6. The van der Waals surface area contributed by atoms with E-state index in [-0.39, 0.29) is 5.75 Å². The van der Waals surface area contributed by atoms with Crippen LogP contribution >= 0.6 is 11.3 Å². The highest BCUT2D eigenvalue weighted by Crippen LogP contribution is 2.40. The largest absolute Gasteiger partial charge is 0.302 e. The molecule has 136 valence electrons. The highest BCUT2D eigenvalue weighted by molar-refractivity contribution is 7.90. The van der Waals surface area contributed by atoms with Crippen molar-refractivity contribution in [2.75, 3.05) is 6.26 Å². The van der Waals surface area contributed by atoms with Crippen LogP contribution in [0.15, 0.2) is 23.6 Å². The molecule has 0 amide bonds. The van der Waals surface area contributed by atoms with Gasteiger partial charge in [-0.15, -0.1) is 11.3 Å². The molecule has 0 unspecified atom stereocenters. The van der Waals surface area contributed by atoms with Gasteiger partial charge in [0.25, 0.3) is 0 Å². The van der Waals surface area contributed by atoms with Crippen LogP contribution in [0.25, 0.3) is 0 Å². The van der Waals surface area contributed by atoms with E-state index in [4.69, 9.17) is 0 Å². The van der Waals surface area contributed by atoms with E-state index in [0.717, 1.165) is 37.4 Å². The van der Waals surface area contributed by atoms with Crippen LogP contribution in [0.1, 0.15) is 41.9 Å². The number of aromatic nitrogens is 1. The molecule has 8 heteroatoms. The van der Waals surface area contributed by atoms with E-state index in [0.29, 0.717) is 17.1 Å². The van der Waals surface area contributed by atoms with E-state index >= 15 is 0 Å². The van der Waals surface area contributed by atoms with E-state index in [1.54, 1.807) is 0 Å². The molecule has 1 saturated carbocycles. The van der Waals surface area contributed by atoms with Gasteiger partial charge >= 0.3 is 0 Å². The number of hydrogen-bond donors (Lipinski definition) is 1. The van der Waals surface area contributed by atoms with Gasteiger partial charge in [-0.2, -0.15) is 0 Å². The molecular weight excluding hydrogens is 366 g/mol. The molecule has 1 aromatic carbocycles. The lowest BCUT2D eigenvalue weighted by Gasteiger charge is -2.31. The zero-order valence-corrected chi connectivity index (χ0v) is 15.5. The van der Waals surface area contributed by atoms with Gasteiger partial charge in [0.15, 0.2) is 9.84 Å². The molecule has 4 nitrogen and oxygen atoms in total. The SMILES string of the molecule is CS(=O)(=O)Cc1nc(CNC2(c3ccc(F)cc3F)CCCC2)cs1. The molecule has 1 aliphatic carbocycles. The first kappa shape index (κ1) is 18.4. The van der Waals surface area contributed by atoms with Crippen molar-refractivity contribution < 1.29 is 17.2 Å². The van der Waals surface area contributed by atoms with Crippen molar-refractivity contribution >= 4 is 21.2 Å². The molecule has 3 rings (SSSR count). The number of benzene rings is 1. The number of halogens is 2. The van der Waals surface area contributed by atoms with Gasteiger partial charge < -0.3 is 5.32 Å². The van der Waals surface area contributed by atoms with Gasteiger partial charge in [0, 0.05) is 35.3 Å². The van der Waals surface area contributed by atoms with Gasteiger partial charge in [-0.05, 0) is 18.9 Å². The molecule has 0 bridgehead atoms. The molecule has 0 aliphatic heterocycles. The summed E-state index contributed by atoms with van der Waals surface area (Å²) < 4.78 is 50.2. The fourth-order valence-corrected chi connectivity index (χ4v) is 5.38. The van der Waals surface area contributed by atoms with Crippen molar-refractivity contribution in [1.29, 1.82) is 0 Å². The van der Waals surface area contributed by atoms with E-state index in [2.05, 4.69) is 10.3 Å². The Morgan fingerprint density at radius 2 is 2.00 bits per heavy atom. The van der Waals surface area contributed by atoms with Gasteiger partial charge in [-0.25, -0.2) is 22.2 Å². The zero-order chi connectivity index (χ0) is 18.1. The van der Waals surface area contributed by atoms with Crippen LogP contribution in [0, 0.1) is 11.6 Å². The van der Waals surface area contributed by atoms with Crippen LogP contribution in [0.2, 0.25) is 0 Å². The van der Waals surface area contributed by atoms with E-state index in [1.807, 2.05) is 5.38 Å². The Morgan fingerprint density at radius 1 is 1.28 bits per heavy atom. The molecule has 0 spiro atoms. The van der Waals surface area contributed by atoms with Gasteiger partial charge in [-0.1, -0.05) is 18.9 Å². The van der Waals surface area contributed by atoms with E-state index < -0.39 is 27.0 Å². The van der Waals surface area contributed by atoms with Crippen molar-refractivity contribution in [2.45, 2.75) is 43.5 Å². The van der Waals surface area contributed by atoms with Crippen molar-refractivity contribution in [2.24, 2.45) is 0 Å². The van der Waals surface area contributed by atoms with Crippen molar-refractivity contribution in [3.63, 3.8) is 0 Å². The van der Waals surface area contributed by atoms with E-state index in [9.17, 15) is 17.2 Å². The number of thiazole rings is 1. The fraction of sp³-hybridized carbons (Fsp3) is 0.471. The van der Waals surface area contributed by atoms with Gasteiger partial charge in [-0.3, -0.25) is 0 Å². The summed E-state index contributed by atoms with van der Waals surface area (Å²) in [6.07, 6.45) is 4.67. The summed E-state index contributed by atoms with van der Waals surface area (Å²) in [5.74, 6) is -1.19. The molecule has 0 atom stereocenters. The monoisotopic (exact) mass is 386 g/mol. The fourth-order valence-electron chi connectivity index (χ4n) is 3.38. The van der Waals surface area contributed by atoms with E-state index in [1.165, 1.54) is 29.7 Å². The van der Waals surface area contributed by atoms with Crippen LogP contribution in [0.5, 0.6) is 0 Å². The summed E-state index contributed by atoms with van der Waals surface area (Å²) in [6.45, 7) is 0.414. The second kappa shape index (κ2) is 7.09. The van der Waals surface area contributed by atoms with Crippen LogP contribution < -0.4 is 5.32 Å². The Hall–Kier alpha value is -1.38. The summed E-state index contributed by atoms with van der Waals surface area (Å²) in [5, 5.41) is 5.76. The summed E-state index contributed by atoms with van der Waals surface area (Å²) in [5.41, 5.74) is 0.689. The Labute approximate surface area is 150 Å². The zero-order valence-electron chi connectivity index (χ0n) is 13.9. The van der Waals surface area contributed by atoms with Gasteiger partial charge in [0.05, 0.1) is 5.69 Å². The number of nitrogens with one attached hydrogen (secondary N) is 1. The maximum Gasteiger partial charge on any atom is 0.153 e. The molecule has 1 aliphatic rings. The lowest BCUT2D eigenvalue weighted by atomic mass is 9.87. The molecule has 1 heterocycles. The first-order valence-electron chi connectivity index (χ1n) is 8.09. The quantitative estimate of drug-likeness (QED) is 0.825. The maximum atomic E-state index is 14.3. The predicted molar refractivity (Wildman–Crippen MR) is 94.0 cm³/mol. The molecule has 2 aromatic rings. The van der Waals surface area contributed by atoms with Crippen molar-refractivity contribution in [1.82, 2.24) is 10.3 Å². The molecular formula is C17H20F2N2O2S2. The summed E-state index contributed by atoms with van der Waals surface area (Å²) in [4.78, 5) is 4.34. The third kappa shape index (κ3) is 4.43. The second-order valence-electron chi connectivity index (χ2n) is 6.57. The molecule has 25 heavy (non-hydrogen) atoms. The third-order valence-corrected chi connectivity index (χ3v) is 6.37. The number of sulfone groups is 1. The van der Waals surface area contributed by atoms with Crippen LogP contribution in [0.4, 0.5) is 8.78 Å². The van der Waals surface area contributed by atoms with Gasteiger partial charge in [0.2, 0.25) is 0 Å². The first-order chi connectivity index (χ1) is 11.8. The highest BCUT2D eigenvalue weighted by Gasteiger charge is 2.37. The van der Waals surface area contributed by atoms with Crippen molar-refractivity contribution in [3.8, 4) is 0 Å². The summed E-state index contributed by atoms with van der Waals surface area (Å²) in [7, 11) is -3.12. The summed E-state index contributed by atoms with van der Waals surface area (Å²) in [6, 6.07) is 3.72. The standard InChI is InChI=1S/C17H20F2N2O2S2/c1-25(22,23)11-16-21-13(10-24-16)9-20-17(6-2-3-7-17)14-5-4-12(18)8-15(14)19/h4-5,8,10,20H,2-3,6-7,9,11H2,1H3. The minimum atomic E-state index is -3.12. The van der Waals surface area contributed by atoms with Gasteiger partial charge in [0.1, 0.15) is 22.4 Å². The maximum absolute atomic E-state index is 14.3. The Balaban J connectivity index is 1.77. The number of nitrogens with zero attached hydrogens (tertiary/aromatic N) is 1. The van der Waals surface area contributed by atoms with Crippen molar-refractivity contribution in [3.05, 3.63) is 51.5 Å². The lowest BCUT2D eigenvalue weighted by molar-refractivity contribution is 0.323. The molecule has 0 saturated heterocycles. The first-order valence-corrected chi connectivity index (χ1v) is 11.0. The molecule has 1 aromatic heterocycles. The second-order valence-corrected chi connectivity index (χ2v) is 9.65. The minimum Gasteiger partial charge on any atom is -0.302 e. The minimum absolute atomic E-state index is 0.0740. The Morgan fingerprint density at radius 3 is 2.64 bits per heavy atom. The molecule has 1 N–H and O–H groups in total. The molecule has 0 radical (unpaired) electrons. The van der Waals surface area contributed by atoms with Crippen LogP contribution in [0.3, 0.4) is 0 Å². The Kier molecular flexibility index (Phi) is 5.22. The smallest absolute Gasteiger partial charge is 0.153 e. The van der Waals surface area contributed by atoms with Crippen LogP contribution in [-0.2, 0) is 27.7 Å². The normalized spacial score (nSPS) is 17.1. The lowest BCUT2D eigenvalue weighted by Crippen LogP contribution is -2.40. The third-order valence-electron chi connectivity index (χ3n) is 4.50. The molecule has 1 fully saturated rings. The average molecular weight is 386 g/mol. The topological polar surface area (TPSA) is 59.1 Å². The Bertz CT molecular complexity index is 859. The van der Waals surface area contributed by atoms with Crippen LogP contribution in [-0.4, -0.2) is 19.7 Å².